The van der Waals surface area contributed by atoms with Crippen LogP contribution in [0, 0.1) is 11.8 Å². The molecular weight excluding hydrogens is 1000 g/mol. The Hall–Kier alpha value is -5.63. The number of hydrogen-bond donors (Lipinski definition) is 0. The molecule has 5 rings (SSSR count). The molecule has 2 atom stereocenters. The molecule has 2 unspecified atom stereocenters. The lowest BCUT2D eigenvalue weighted by atomic mass is 10.0. The maximum atomic E-state index is 12.6. The van der Waals surface area contributed by atoms with Crippen molar-refractivity contribution in [1.82, 2.24) is 0 Å². The van der Waals surface area contributed by atoms with E-state index >= 15 is 0 Å². The van der Waals surface area contributed by atoms with Crippen LogP contribution in [-0.4, -0.2) is 85.0 Å². The Kier molecular flexibility index (Phi) is 25.2. The highest BCUT2D eigenvalue weighted by Gasteiger charge is 2.24. The summed E-state index contributed by atoms with van der Waals surface area (Å²) in [5.41, 5.74) is 3.73. The molecular formula is C58H80O12Si4. The third-order valence-corrected chi connectivity index (χ3v) is 23.9. The first kappa shape index (κ1) is 60.9. The molecule has 12 nitrogen and oxygen atoms in total. The number of rotatable bonds is 27. The summed E-state index contributed by atoms with van der Waals surface area (Å²) in [6.07, 6.45) is 3.82. The van der Waals surface area contributed by atoms with Gasteiger partial charge in [0.05, 0.1) is 48.7 Å². The molecule has 0 saturated heterocycles. The van der Waals surface area contributed by atoms with Crippen LogP contribution in [0.4, 0.5) is 0 Å². The van der Waals surface area contributed by atoms with E-state index in [2.05, 4.69) is 73.1 Å². The van der Waals surface area contributed by atoms with Crippen LogP contribution in [0.25, 0.3) is 11.1 Å². The molecule has 0 saturated carbocycles. The van der Waals surface area contributed by atoms with Crippen LogP contribution >= 0.6 is 0 Å². The van der Waals surface area contributed by atoms with Gasteiger partial charge in [-0.1, -0.05) is 64.8 Å². The smallest absolute Gasteiger partial charge is 0.343 e. The lowest BCUT2D eigenvalue weighted by Crippen LogP contribution is -2.35. The van der Waals surface area contributed by atoms with Gasteiger partial charge in [0.25, 0.3) is 0 Å². The predicted molar refractivity (Wildman–Crippen MR) is 305 cm³/mol. The molecule has 0 radical (unpaired) electrons. The van der Waals surface area contributed by atoms with Crippen LogP contribution in [-0.2, 0) is 17.7 Å². The van der Waals surface area contributed by atoms with E-state index in [9.17, 15) is 19.2 Å². The first-order valence-corrected chi connectivity index (χ1v) is 37.9. The van der Waals surface area contributed by atoms with E-state index in [-0.39, 0.29) is 11.9 Å². The number of benzene rings is 5. The number of hydrogen-bond acceptors (Lipinski definition) is 12. The van der Waals surface area contributed by atoms with Crippen LogP contribution in [0.3, 0.4) is 0 Å². The van der Waals surface area contributed by atoms with E-state index in [1.165, 1.54) is 0 Å². The van der Waals surface area contributed by atoms with Gasteiger partial charge >= 0.3 is 23.9 Å². The summed E-state index contributed by atoms with van der Waals surface area (Å²) < 4.78 is 45.7. The maximum absolute atomic E-state index is 12.6. The summed E-state index contributed by atoms with van der Waals surface area (Å²) in [7, 11) is -5.21. The number of esters is 4. The van der Waals surface area contributed by atoms with Crippen molar-refractivity contribution < 1.29 is 55.8 Å². The van der Waals surface area contributed by atoms with Gasteiger partial charge in [0.15, 0.2) is 34.7 Å². The summed E-state index contributed by atoms with van der Waals surface area (Å²) in [6, 6.07) is 37.0. The molecule has 74 heavy (non-hydrogen) atoms. The van der Waals surface area contributed by atoms with E-state index < -0.39 is 46.7 Å². The molecule has 0 amide bonds. The van der Waals surface area contributed by atoms with Gasteiger partial charge in [-0.25, -0.2) is 19.2 Å². The highest BCUT2D eigenvalue weighted by atomic mass is 28.4. The lowest BCUT2D eigenvalue weighted by molar-refractivity contribution is 0.0438. The number of carbonyl (C=O) groups excluding carboxylic acids is 4. The summed E-state index contributed by atoms with van der Waals surface area (Å²) in [5, 5.41) is 0. The Morgan fingerprint density at radius 1 is 0.432 bits per heavy atom. The van der Waals surface area contributed by atoms with Crippen molar-refractivity contribution in [2.75, 3.05) is 26.4 Å². The van der Waals surface area contributed by atoms with Gasteiger partial charge in [0.2, 0.25) is 0 Å². The molecule has 5 aromatic rings. The van der Waals surface area contributed by atoms with Gasteiger partial charge in [-0.05, 0) is 197 Å². The zero-order valence-corrected chi connectivity index (χ0v) is 50.1. The van der Waals surface area contributed by atoms with Crippen LogP contribution in [0.15, 0.2) is 121 Å². The first-order valence-electron chi connectivity index (χ1n) is 26.1. The van der Waals surface area contributed by atoms with Crippen molar-refractivity contribution in [2.24, 2.45) is 11.8 Å². The van der Waals surface area contributed by atoms with Gasteiger partial charge in [-0.15, -0.1) is 0 Å². The molecule has 0 aromatic heterocycles. The first-order chi connectivity index (χ1) is 35.1. The third-order valence-electron chi connectivity index (χ3n) is 11.9. The van der Waals surface area contributed by atoms with E-state index in [0.29, 0.717) is 72.0 Å². The molecule has 0 heterocycles. The van der Waals surface area contributed by atoms with Crippen LogP contribution in [0.1, 0.15) is 94.8 Å². The van der Waals surface area contributed by atoms with Gasteiger partial charge in [-0.2, -0.15) is 0 Å². The van der Waals surface area contributed by atoms with E-state index in [4.69, 9.17) is 36.7 Å². The predicted octanol–water partition coefficient (Wildman–Crippen LogP) is 13.8. The summed E-state index contributed by atoms with van der Waals surface area (Å²) >= 11 is 0. The molecule has 400 valence electrons. The second kappa shape index (κ2) is 30.7. The van der Waals surface area contributed by atoms with Crippen molar-refractivity contribution in [3.05, 3.63) is 144 Å². The fourth-order valence-corrected chi connectivity index (χ4v) is 20.6. The van der Waals surface area contributed by atoms with Crippen molar-refractivity contribution in [3.63, 3.8) is 0 Å². The Balaban J connectivity index is 0.000000325. The molecule has 5 aromatic carbocycles. The molecule has 0 aliphatic heterocycles. The molecule has 0 fully saturated rings. The SMILES string of the molecule is CCC(C)COC(=O)c1ccc(-c2ccc(OC(=O)c3ccc(OCCC[Si](C)(C)O[SiH](C)C)cc3)cc2)cc1.CCC(C)COC(=O)c1ccc(OC(=O)c2ccc(OCCC[Si](C)(C)O[SiH](C)C)cc2)cc1. The van der Waals surface area contributed by atoms with E-state index in [1.807, 2.05) is 31.2 Å². The van der Waals surface area contributed by atoms with Crippen molar-refractivity contribution in [2.45, 2.75) is 118 Å². The zero-order valence-electron chi connectivity index (χ0n) is 45.8. The van der Waals surface area contributed by atoms with Crippen LogP contribution in [0.5, 0.6) is 23.0 Å². The second-order valence-electron chi connectivity index (χ2n) is 20.4. The monoisotopic (exact) mass is 1080 g/mol. The Bertz CT molecular complexity index is 2480. The molecule has 0 N–H and O–H groups in total. The highest BCUT2D eigenvalue weighted by molar-refractivity contribution is 6.78. The lowest BCUT2D eigenvalue weighted by Gasteiger charge is -2.25. The van der Waals surface area contributed by atoms with Crippen LogP contribution < -0.4 is 18.9 Å². The normalized spacial score (nSPS) is 12.2. The third kappa shape index (κ3) is 22.5. The fourth-order valence-electron chi connectivity index (χ4n) is 7.49. The highest BCUT2D eigenvalue weighted by Crippen LogP contribution is 2.25. The maximum Gasteiger partial charge on any atom is 0.343 e. The minimum atomic E-state index is -1.60. The minimum Gasteiger partial charge on any atom is -0.494 e. The molecule has 0 aliphatic rings. The largest absolute Gasteiger partial charge is 0.494 e. The molecule has 0 aliphatic carbocycles. The summed E-state index contributed by atoms with van der Waals surface area (Å²) in [5.74, 6) is 1.34. The quantitative estimate of drug-likeness (QED) is 0.0214. The van der Waals surface area contributed by atoms with Crippen molar-refractivity contribution in [1.29, 1.82) is 0 Å². The fraction of sp³-hybridized carbons (Fsp3) is 0.414. The summed E-state index contributed by atoms with van der Waals surface area (Å²) in [6.45, 7) is 28.1. The molecule has 0 spiro atoms. The average Bonchev–Trinajstić information content (AvgIpc) is 3.37. The number of ether oxygens (including phenoxy) is 6. The van der Waals surface area contributed by atoms with E-state index in [0.717, 1.165) is 60.4 Å². The topological polar surface area (TPSA) is 142 Å². The standard InChI is InChI=1S/C32H42O6Si2.C26H38O6Si2/c1-7-24(2)23-36-31(33)27-11-9-25(10-12-27)26-13-19-30(20-14-26)37-32(34)28-15-17-29(18-16-28)35-21-8-22-40(5,6)38-39(3)4;1-7-20(2)19-30-25(27)21-11-15-24(16-12-21)31-26(28)22-9-13-23(14-10-22)29-17-8-18-34(5,6)32-33(3)4/h9-20,24,39H,7-8,21-23H2,1-6H3;9-16,20,33H,7-8,17-19H2,1-6H3. The Morgan fingerprint density at radius 3 is 1.04 bits per heavy atom. The summed E-state index contributed by atoms with van der Waals surface area (Å²) in [4.78, 5) is 49.4. The Labute approximate surface area is 446 Å². The number of carbonyl (C=O) groups is 4. The van der Waals surface area contributed by atoms with Gasteiger partial charge in [0.1, 0.15) is 23.0 Å². The van der Waals surface area contributed by atoms with Gasteiger partial charge in [-0.3, -0.25) is 0 Å². The van der Waals surface area contributed by atoms with Crippen molar-refractivity contribution in [3.8, 4) is 34.1 Å². The average molecular weight is 1080 g/mol. The zero-order chi connectivity index (χ0) is 54.3. The molecule has 16 heteroatoms. The molecule has 0 bridgehead atoms. The second-order valence-corrected chi connectivity index (χ2v) is 34.6. The minimum absolute atomic E-state index is 0.312. The van der Waals surface area contributed by atoms with E-state index in [1.54, 1.807) is 97.1 Å². The van der Waals surface area contributed by atoms with Gasteiger partial charge in [0, 0.05) is 0 Å². The van der Waals surface area contributed by atoms with Crippen LogP contribution in [0.2, 0.25) is 64.5 Å². The Morgan fingerprint density at radius 2 is 0.716 bits per heavy atom. The van der Waals surface area contributed by atoms with Gasteiger partial charge < -0.3 is 36.7 Å². The van der Waals surface area contributed by atoms with Crippen molar-refractivity contribution >= 4 is 58.6 Å².